The Hall–Kier alpha value is -2.95. The Bertz CT molecular complexity index is 799. The van der Waals surface area contributed by atoms with Gasteiger partial charge in [-0.2, -0.15) is 0 Å². The SMILES string of the molecule is CC1CN(C(=O)/C=C/c2ccc(F)cc2)c2ccccc2C(=O)N1. The summed E-state index contributed by atoms with van der Waals surface area (Å²) in [5.41, 5.74) is 1.80. The topological polar surface area (TPSA) is 49.4 Å². The van der Waals surface area contributed by atoms with Crippen LogP contribution in [0.25, 0.3) is 6.08 Å². The highest BCUT2D eigenvalue weighted by Crippen LogP contribution is 2.24. The number of fused-ring (bicyclic) bond motifs is 1. The number of nitrogens with zero attached hydrogens (tertiary/aromatic N) is 1. The average molecular weight is 324 g/mol. The van der Waals surface area contributed by atoms with Crippen LogP contribution in [-0.2, 0) is 4.79 Å². The summed E-state index contributed by atoms with van der Waals surface area (Å²) in [5.74, 6) is -0.732. The Balaban J connectivity index is 1.89. The van der Waals surface area contributed by atoms with Crippen LogP contribution in [-0.4, -0.2) is 24.4 Å². The zero-order chi connectivity index (χ0) is 17.1. The van der Waals surface area contributed by atoms with E-state index < -0.39 is 0 Å². The molecule has 1 heterocycles. The van der Waals surface area contributed by atoms with Gasteiger partial charge in [0.25, 0.3) is 11.8 Å². The van der Waals surface area contributed by atoms with E-state index in [0.717, 1.165) is 5.56 Å². The maximum atomic E-state index is 12.9. The molecule has 3 rings (SSSR count). The van der Waals surface area contributed by atoms with Crippen molar-refractivity contribution in [3.8, 4) is 0 Å². The molecule has 5 heteroatoms. The van der Waals surface area contributed by atoms with Gasteiger partial charge in [-0.15, -0.1) is 0 Å². The fourth-order valence-electron chi connectivity index (χ4n) is 2.66. The van der Waals surface area contributed by atoms with E-state index in [2.05, 4.69) is 5.32 Å². The van der Waals surface area contributed by atoms with Gasteiger partial charge in [0.05, 0.1) is 11.3 Å². The van der Waals surface area contributed by atoms with Crippen LogP contribution in [0.2, 0.25) is 0 Å². The summed E-state index contributed by atoms with van der Waals surface area (Å²) >= 11 is 0. The fraction of sp³-hybridized carbons (Fsp3) is 0.158. The predicted molar refractivity (Wildman–Crippen MR) is 91.2 cm³/mol. The van der Waals surface area contributed by atoms with Crippen LogP contribution in [0.3, 0.4) is 0 Å². The van der Waals surface area contributed by atoms with Crippen LogP contribution in [0.5, 0.6) is 0 Å². The maximum absolute atomic E-state index is 12.9. The number of hydrogen-bond acceptors (Lipinski definition) is 2. The van der Waals surface area contributed by atoms with Crippen molar-refractivity contribution in [3.63, 3.8) is 0 Å². The van der Waals surface area contributed by atoms with E-state index in [1.165, 1.54) is 18.2 Å². The van der Waals surface area contributed by atoms with Gasteiger partial charge >= 0.3 is 0 Å². The second-order valence-electron chi connectivity index (χ2n) is 5.73. The summed E-state index contributed by atoms with van der Waals surface area (Å²) in [6, 6.07) is 12.8. The number of anilines is 1. The molecule has 1 atom stereocenters. The first kappa shape index (κ1) is 15.9. The van der Waals surface area contributed by atoms with Crippen molar-refractivity contribution in [1.29, 1.82) is 0 Å². The van der Waals surface area contributed by atoms with E-state index in [0.29, 0.717) is 17.8 Å². The van der Waals surface area contributed by atoms with Crippen LogP contribution < -0.4 is 10.2 Å². The molecule has 0 spiro atoms. The Labute approximate surface area is 139 Å². The molecule has 1 N–H and O–H groups in total. The number of halogens is 1. The lowest BCUT2D eigenvalue weighted by atomic mass is 10.1. The van der Waals surface area contributed by atoms with E-state index in [1.54, 1.807) is 47.4 Å². The number of para-hydroxylation sites is 1. The molecule has 4 nitrogen and oxygen atoms in total. The molecule has 2 aromatic rings. The molecule has 0 bridgehead atoms. The summed E-state index contributed by atoms with van der Waals surface area (Å²) in [5, 5.41) is 2.86. The van der Waals surface area contributed by atoms with Gasteiger partial charge in [0.2, 0.25) is 0 Å². The highest BCUT2D eigenvalue weighted by Gasteiger charge is 2.26. The molecule has 0 aromatic heterocycles. The Morgan fingerprint density at radius 1 is 1.21 bits per heavy atom. The molecule has 0 aliphatic carbocycles. The van der Waals surface area contributed by atoms with Gasteiger partial charge in [0, 0.05) is 18.7 Å². The van der Waals surface area contributed by atoms with Crippen molar-refractivity contribution in [2.24, 2.45) is 0 Å². The van der Waals surface area contributed by atoms with Crippen molar-refractivity contribution in [3.05, 3.63) is 71.6 Å². The van der Waals surface area contributed by atoms with Crippen molar-refractivity contribution in [1.82, 2.24) is 5.32 Å². The number of rotatable bonds is 2. The summed E-state index contributed by atoms with van der Waals surface area (Å²) in [7, 11) is 0. The predicted octanol–water partition coefficient (Wildman–Crippen LogP) is 3.00. The standard InChI is InChI=1S/C19H17FN2O2/c1-13-12-22(17-5-3-2-4-16(17)19(24)21-13)18(23)11-8-14-6-9-15(20)10-7-14/h2-11,13H,12H2,1H3,(H,21,24)/b11-8+. The van der Waals surface area contributed by atoms with E-state index in [-0.39, 0.29) is 23.7 Å². The van der Waals surface area contributed by atoms with Crippen molar-refractivity contribution in [2.75, 3.05) is 11.4 Å². The molecule has 0 saturated carbocycles. The van der Waals surface area contributed by atoms with Crippen molar-refractivity contribution >= 4 is 23.6 Å². The molecule has 2 aromatic carbocycles. The van der Waals surface area contributed by atoms with Crippen LogP contribution in [0, 0.1) is 5.82 Å². The first-order valence-electron chi connectivity index (χ1n) is 7.69. The Morgan fingerprint density at radius 2 is 1.92 bits per heavy atom. The third-order valence-corrected chi connectivity index (χ3v) is 3.83. The van der Waals surface area contributed by atoms with Crippen LogP contribution in [0.1, 0.15) is 22.8 Å². The highest BCUT2D eigenvalue weighted by atomic mass is 19.1. The summed E-state index contributed by atoms with van der Waals surface area (Å²) in [6.45, 7) is 2.24. The molecule has 0 radical (unpaired) electrons. The minimum Gasteiger partial charge on any atom is -0.348 e. The zero-order valence-corrected chi connectivity index (χ0v) is 13.2. The average Bonchev–Trinajstić information content (AvgIpc) is 2.71. The van der Waals surface area contributed by atoms with E-state index >= 15 is 0 Å². The molecule has 0 fully saturated rings. The Kier molecular flexibility index (Phi) is 4.42. The molecule has 2 amide bonds. The molecule has 1 aliphatic heterocycles. The molecule has 1 unspecified atom stereocenters. The van der Waals surface area contributed by atoms with E-state index in [9.17, 15) is 14.0 Å². The highest BCUT2D eigenvalue weighted by molar-refractivity contribution is 6.10. The van der Waals surface area contributed by atoms with Gasteiger partial charge in [-0.25, -0.2) is 4.39 Å². The second-order valence-corrected chi connectivity index (χ2v) is 5.73. The number of benzene rings is 2. The van der Waals surface area contributed by atoms with Gasteiger partial charge < -0.3 is 10.2 Å². The fourth-order valence-corrected chi connectivity index (χ4v) is 2.66. The van der Waals surface area contributed by atoms with Gasteiger partial charge in [0.1, 0.15) is 5.82 Å². The van der Waals surface area contributed by atoms with Gasteiger partial charge in [-0.1, -0.05) is 24.3 Å². The number of amides is 2. The van der Waals surface area contributed by atoms with E-state index in [4.69, 9.17) is 0 Å². The molecule has 0 saturated heterocycles. The van der Waals surface area contributed by atoms with E-state index in [1.807, 2.05) is 6.92 Å². The zero-order valence-electron chi connectivity index (χ0n) is 13.2. The number of hydrogen-bond donors (Lipinski definition) is 1. The lowest BCUT2D eigenvalue weighted by molar-refractivity contribution is -0.114. The first-order chi connectivity index (χ1) is 11.5. The lowest BCUT2D eigenvalue weighted by Crippen LogP contribution is -2.40. The third-order valence-electron chi connectivity index (χ3n) is 3.83. The second kappa shape index (κ2) is 6.66. The summed E-state index contributed by atoms with van der Waals surface area (Å²) in [4.78, 5) is 26.4. The quantitative estimate of drug-likeness (QED) is 0.863. The van der Waals surface area contributed by atoms with Crippen LogP contribution >= 0.6 is 0 Å². The van der Waals surface area contributed by atoms with Gasteiger partial charge in [-0.05, 0) is 42.8 Å². The molecular weight excluding hydrogens is 307 g/mol. The third kappa shape index (κ3) is 3.35. The smallest absolute Gasteiger partial charge is 0.253 e. The summed E-state index contributed by atoms with van der Waals surface area (Å²) < 4.78 is 12.9. The van der Waals surface area contributed by atoms with Gasteiger partial charge in [0.15, 0.2) is 0 Å². The number of carbonyl (C=O) groups is 2. The first-order valence-corrected chi connectivity index (χ1v) is 7.69. The largest absolute Gasteiger partial charge is 0.348 e. The van der Waals surface area contributed by atoms with Crippen LogP contribution in [0.15, 0.2) is 54.6 Å². The molecular formula is C19H17FN2O2. The number of carbonyl (C=O) groups excluding carboxylic acids is 2. The van der Waals surface area contributed by atoms with Gasteiger partial charge in [-0.3, -0.25) is 9.59 Å². The Morgan fingerprint density at radius 3 is 2.67 bits per heavy atom. The minimum atomic E-state index is -0.321. The maximum Gasteiger partial charge on any atom is 0.253 e. The van der Waals surface area contributed by atoms with Crippen molar-refractivity contribution in [2.45, 2.75) is 13.0 Å². The normalized spacial score (nSPS) is 17.3. The number of nitrogens with one attached hydrogen (secondary N) is 1. The monoisotopic (exact) mass is 324 g/mol. The van der Waals surface area contributed by atoms with Crippen molar-refractivity contribution < 1.29 is 14.0 Å². The summed E-state index contributed by atoms with van der Waals surface area (Å²) in [6.07, 6.45) is 3.07. The minimum absolute atomic E-state index is 0.159. The lowest BCUT2D eigenvalue weighted by Gasteiger charge is -2.22. The molecule has 24 heavy (non-hydrogen) atoms. The van der Waals surface area contributed by atoms with Crippen LogP contribution in [0.4, 0.5) is 10.1 Å². The molecule has 1 aliphatic rings. The molecule has 122 valence electrons.